The van der Waals surface area contributed by atoms with Gasteiger partial charge in [0.2, 0.25) is 0 Å². The molecule has 2 N–H and O–H groups in total. The van der Waals surface area contributed by atoms with E-state index in [2.05, 4.69) is 13.8 Å². The Hall–Kier alpha value is -0.0400. The summed E-state index contributed by atoms with van der Waals surface area (Å²) in [7, 11) is 0. The van der Waals surface area contributed by atoms with Crippen LogP contribution in [0.1, 0.15) is 71.6 Å². The molecule has 2 rings (SSSR count). The van der Waals surface area contributed by atoms with Crippen LogP contribution >= 0.6 is 0 Å². The Morgan fingerprint density at radius 1 is 1.00 bits per heavy atom. The molecule has 0 aromatic heterocycles. The first-order chi connectivity index (χ1) is 8.15. The predicted molar refractivity (Wildman–Crippen MR) is 74.8 cm³/mol. The third-order valence-corrected chi connectivity index (χ3v) is 5.20. The Balaban J connectivity index is 1.72. The van der Waals surface area contributed by atoms with E-state index in [-0.39, 0.29) is 0 Å². The second kappa shape index (κ2) is 6.22. The molecule has 0 heterocycles. The second-order valence-corrected chi connectivity index (χ2v) is 7.07. The van der Waals surface area contributed by atoms with E-state index in [9.17, 15) is 0 Å². The minimum atomic E-state index is 0.487. The van der Waals surface area contributed by atoms with Crippen LogP contribution in [0.5, 0.6) is 0 Å². The van der Waals surface area contributed by atoms with Gasteiger partial charge in [0.05, 0.1) is 0 Å². The zero-order chi connectivity index (χ0) is 12.3. The maximum atomic E-state index is 6.45. The Kier molecular flexibility index (Phi) is 4.90. The van der Waals surface area contributed by atoms with Gasteiger partial charge in [-0.15, -0.1) is 0 Å². The van der Waals surface area contributed by atoms with Crippen LogP contribution in [-0.4, -0.2) is 6.04 Å². The van der Waals surface area contributed by atoms with Crippen molar-refractivity contribution < 1.29 is 0 Å². The first-order valence-corrected chi connectivity index (χ1v) is 7.90. The van der Waals surface area contributed by atoms with Crippen molar-refractivity contribution in [3.8, 4) is 0 Å². The summed E-state index contributed by atoms with van der Waals surface area (Å²) < 4.78 is 0. The largest absolute Gasteiger partial charge is 0.327 e. The molecule has 0 radical (unpaired) electrons. The van der Waals surface area contributed by atoms with E-state index in [1.54, 1.807) is 0 Å². The van der Waals surface area contributed by atoms with E-state index in [0.717, 1.165) is 23.7 Å². The molecule has 1 nitrogen and oxygen atoms in total. The zero-order valence-electron chi connectivity index (χ0n) is 11.8. The van der Waals surface area contributed by atoms with Gasteiger partial charge in [0, 0.05) is 6.04 Å². The lowest BCUT2D eigenvalue weighted by atomic mass is 9.73. The van der Waals surface area contributed by atoms with E-state index in [1.165, 1.54) is 57.8 Å². The van der Waals surface area contributed by atoms with Crippen LogP contribution in [0.15, 0.2) is 0 Å². The highest BCUT2D eigenvalue weighted by Crippen LogP contribution is 2.36. The molecule has 2 aliphatic carbocycles. The molecule has 100 valence electrons. The molecule has 0 saturated heterocycles. The summed E-state index contributed by atoms with van der Waals surface area (Å²) >= 11 is 0. The van der Waals surface area contributed by atoms with E-state index < -0.39 is 0 Å². The molecule has 17 heavy (non-hydrogen) atoms. The van der Waals surface area contributed by atoms with Crippen molar-refractivity contribution in [1.29, 1.82) is 0 Å². The maximum absolute atomic E-state index is 6.45. The average Bonchev–Trinajstić information content (AvgIpc) is 2.77. The fraction of sp³-hybridized carbons (Fsp3) is 1.00. The molecule has 2 saturated carbocycles. The van der Waals surface area contributed by atoms with E-state index in [1.807, 2.05) is 0 Å². The molecule has 0 aromatic carbocycles. The normalized spacial score (nSPS) is 37.2. The molecule has 0 spiro atoms. The van der Waals surface area contributed by atoms with Crippen molar-refractivity contribution in [3.05, 3.63) is 0 Å². The first-order valence-electron chi connectivity index (χ1n) is 7.90. The lowest BCUT2D eigenvalue weighted by molar-refractivity contribution is 0.184. The van der Waals surface area contributed by atoms with Crippen molar-refractivity contribution in [2.45, 2.75) is 77.7 Å². The van der Waals surface area contributed by atoms with Crippen molar-refractivity contribution in [3.63, 3.8) is 0 Å². The van der Waals surface area contributed by atoms with Crippen LogP contribution in [-0.2, 0) is 0 Å². The number of rotatable bonds is 4. The summed E-state index contributed by atoms with van der Waals surface area (Å²) in [5.41, 5.74) is 6.45. The van der Waals surface area contributed by atoms with Gasteiger partial charge in [-0.1, -0.05) is 39.5 Å². The van der Waals surface area contributed by atoms with E-state index >= 15 is 0 Å². The summed E-state index contributed by atoms with van der Waals surface area (Å²) in [5.74, 6) is 3.64. The molecule has 0 bridgehead atoms. The summed E-state index contributed by atoms with van der Waals surface area (Å²) in [6.45, 7) is 4.82. The van der Waals surface area contributed by atoms with E-state index in [0.29, 0.717) is 6.04 Å². The molecule has 0 amide bonds. The second-order valence-electron chi connectivity index (χ2n) is 7.07. The molecular formula is C16H31N. The highest BCUT2D eigenvalue weighted by molar-refractivity contribution is 4.82. The van der Waals surface area contributed by atoms with Crippen LogP contribution in [0.25, 0.3) is 0 Å². The molecule has 3 atom stereocenters. The molecule has 2 aliphatic rings. The number of hydrogen-bond donors (Lipinski definition) is 1. The van der Waals surface area contributed by atoms with E-state index in [4.69, 9.17) is 5.73 Å². The quantitative estimate of drug-likeness (QED) is 0.772. The Bertz CT molecular complexity index is 210. The molecule has 2 fully saturated rings. The molecule has 0 aliphatic heterocycles. The third kappa shape index (κ3) is 3.98. The van der Waals surface area contributed by atoms with Gasteiger partial charge in [0.25, 0.3) is 0 Å². The fourth-order valence-corrected chi connectivity index (χ4v) is 4.32. The van der Waals surface area contributed by atoms with Gasteiger partial charge in [-0.05, 0) is 55.8 Å². The minimum Gasteiger partial charge on any atom is -0.327 e. The van der Waals surface area contributed by atoms with Gasteiger partial charge >= 0.3 is 0 Å². The van der Waals surface area contributed by atoms with Crippen LogP contribution in [0.4, 0.5) is 0 Å². The van der Waals surface area contributed by atoms with Gasteiger partial charge in [-0.25, -0.2) is 0 Å². The average molecular weight is 237 g/mol. The SMILES string of the molecule is CC1CC(C)CC(C(N)CCC2CCCC2)C1. The van der Waals surface area contributed by atoms with Crippen LogP contribution in [0.2, 0.25) is 0 Å². The van der Waals surface area contributed by atoms with Crippen molar-refractivity contribution in [2.75, 3.05) is 0 Å². The topological polar surface area (TPSA) is 26.0 Å². The summed E-state index contributed by atoms with van der Waals surface area (Å²) in [5, 5.41) is 0. The highest BCUT2D eigenvalue weighted by Gasteiger charge is 2.28. The van der Waals surface area contributed by atoms with Gasteiger partial charge in [-0.3, -0.25) is 0 Å². The number of hydrogen-bond acceptors (Lipinski definition) is 1. The van der Waals surface area contributed by atoms with Crippen LogP contribution in [0, 0.1) is 23.7 Å². The van der Waals surface area contributed by atoms with Crippen molar-refractivity contribution >= 4 is 0 Å². The Labute approximate surface area is 108 Å². The molecular weight excluding hydrogens is 206 g/mol. The lowest BCUT2D eigenvalue weighted by Crippen LogP contribution is -2.35. The third-order valence-electron chi connectivity index (χ3n) is 5.20. The minimum absolute atomic E-state index is 0.487. The number of nitrogens with two attached hydrogens (primary N) is 1. The molecule has 0 aromatic rings. The monoisotopic (exact) mass is 237 g/mol. The summed E-state index contributed by atoms with van der Waals surface area (Å²) in [6.07, 6.45) is 12.8. The standard InChI is InChI=1S/C16H31N/c1-12-9-13(2)11-15(10-12)16(17)8-7-14-5-3-4-6-14/h12-16H,3-11,17H2,1-2H3. The Morgan fingerprint density at radius 2 is 1.59 bits per heavy atom. The first kappa shape index (κ1) is 13.4. The van der Waals surface area contributed by atoms with Gasteiger partial charge in [0.15, 0.2) is 0 Å². The van der Waals surface area contributed by atoms with Crippen molar-refractivity contribution in [2.24, 2.45) is 29.4 Å². The van der Waals surface area contributed by atoms with Crippen LogP contribution in [0.3, 0.4) is 0 Å². The lowest BCUT2D eigenvalue weighted by Gasteiger charge is -2.35. The Morgan fingerprint density at radius 3 is 2.18 bits per heavy atom. The molecule has 3 unspecified atom stereocenters. The highest BCUT2D eigenvalue weighted by atomic mass is 14.7. The summed E-state index contributed by atoms with van der Waals surface area (Å²) in [6, 6.07) is 0.487. The summed E-state index contributed by atoms with van der Waals surface area (Å²) in [4.78, 5) is 0. The predicted octanol–water partition coefficient (Wildman–Crippen LogP) is 4.36. The van der Waals surface area contributed by atoms with Crippen molar-refractivity contribution in [1.82, 2.24) is 0 Å². The molecule has 1 heteroatoms. The van der Waals surface area contributed by atoms with Crippen LogP contribution < -0.4 is 5.73 Å². The zero-order valence-corrected chi connectivity index (χ0v) is 11.8. The smallest absolute Gasteiger partial charge is 0.00674 e. The van der Waals surface area contributed by atoms with Gasteiger partial charge < -0.3 is 5.73 Å². The fourth-order valence-electron chi connectivity index (χ4n) is 4.32. The van der Waals surface area contributed by atoms with Gasteiger partial charge in [-0.2, -0.15) is 0 Å². The van der Waals surface area contributed by atoms with Gasteiger partial charge in [0.1, 0.15) is 0 Å². The maximum Gasteiger partial charge on any atom is 0.00674 e.